The molecular weight excluding hydrogens is 157 g/mol. The molecule has 0 aliphatic heterocycles. The van der Waals surface area contributed by atoms with Gasteiger partial charge in [0.1, 0.15) is 5.82 Å². The number of nitrogen functional groups attached to an aromatic ring is 1. The number of aromatic nitrogens is 2. The molecule has 1 rings (SSSR count). The largest absolute Gasteiger partial charge is 1.00 e. The number of carbonyl (C=O) groups excluding carboxylic acids is 1. The average Bonchev–Trinajstić information content (AvgIpc) is 2.14. The fraction of sp³-hybridized carbons (Fsp3) is 0.200. The Morgan fingerprint density at radius 1 is 1.82 bits per heavy atom. The molecule has 0 fully saturated rings. The minimum atomic E-state index is -1.30. The molecule has 2 N–H and O–H groups in total. The molecule has 6 heteroatoms. The van der Waals surface area contributed by atoms with Gasteiger partial charge in [0, 0.05) is 7.05 Å². The van der Waals surface area contributed by atoms with E-state index in [0.29, 0.717) is 0 Å². The van der Waals surface area contributed by atoms with Gasteiger partial charge in [-0.25, -0.2) is 0 Å². The Balaban J connectivity index is 0.000001000. The summed E-state index contributed by atoms with van der Waals surface area (Å²) in [5.74, 6) is -1.19. The molecule has 0 spiro atoms. The van der Waals surface area contributed by atoms with E-state index in [-0.39, 0.29) is 40.9 Å². The maximum Gasteiger partial charge on any atom is 1.00 e. The van der Waals surface area contributed by atoms with Crippen LogP contribution >= 0.6 is 0 Å². The van der Waals surface area contributed by atoms with Crippen LogP contribution in [0.2, 0.25) is 0 Å². The number of carbonyl (C=O) groups is 1. The number of nitrogens with zero attached hydrogens (tertiary/aromatic N) is 2. The summed E-state index contributed by atoms with van der Waals surface area (Å²) in [6, 6.07) is 0. The summed E-state index contributed by atoms with van der Waals surface area (Å²) in [5, 5.41) is 13.8. The van der Waals surface area contributed by atoms with Gasteiger partial charge < -0.3 is 15.6 Å². The first-order valence-corrected chi connectivity index (χ1v) is 2.61. The summed E-state index contributed by atoms with van der Waals surface area (Å²) < 4.78 is 1.27. The number of anilines is 1. The van der Waals surface area contributed by atoms with Gasteiger partial charge in [-0.1, -0.05) is 0 Å². The van der Waals surface area contributed by atoms with Gasteiger partial charge in [-0.05, 0) is 0 Å². The smallest absolute Gasteiger partial charge is 0.545 e. The zero-order chi connectivity index (χ0) is 7.72. The van der Waals surface area contributed by atoms with E-state index in [2.05, 4.69) is 5.10 Å². The molecule has 54 valence electrons. The number of nitrogens with two attached hydrogens (primary N) is 1. The molecule has 5 nitrogen and oxygen atoms in total. The van der Waals surface area contributed by atoms with Crippen LogP contribution in [0.5, 0.6) is 0 Å². The first kappa shape index (κ1) is 10.5. The Hall–Kier alpha value is -0.520. The number of aryl methyl sites for hydroxylation is 1. The van der Waals surface area contributed by atoms with Crippen LogP contribution in [0.3, 0.4) is 0 Å². The van der Waals surface area contributed by atoms with Crippen molar-refractivity contribution in [2.24, 2.45) is 7.05 Å². The second kappa shape index (κ2) is 3.75. The zero-order valence-corrected chi connectivity index (χ0v) is 8.37. The van der Waals surface area contributed by atoms with Crippen LogP contribution in [-0.4, -0.2) is 15.7 Å². The van der Waals surface area contributed by atoms with Crippen molar-refractivity contribution in [1.82, 2.24) is 9.78 Å². The summed E-state index contributed by atoms with van der Waals surface area (Å²) >= 11 is 0. The van der Waals surface area contributed by atoms with Gasteiger partial charge in [-0.2, -0.15) is 5.10 Å². The number of rotatable bonds is 1. The van der Waals surface area contributed by atoms with E-state index in [4.69, 9.17) is 5.73 Å². The van der Waals surface area contributed by atoms with Gasteiger partial charge >= 0.3 is 29.6 Å². The standard InChI is InChI=1S/C5H7N3O2.Na/c1-8-4(6)3(2-7-8)5(9)10;/h2H,6H2,1H3,(H,9,10);/q;+1/p-1. The maximum atomic E-state index is 10.2. The van der Waals surface area contributed by atoms with Gasteiger partial charge in [0.2, 0.25) is 0 Å². The van der Waals surface area contributed by atoms with Crippen LogP contribution < -0.4 is 40.4 Å². The summed E-state index contributed by atoms with van der Waals surface area (Å²) in [6.07, 6.45) is 1.16. The van der Waals surface area contributed by atoms with Crippen molar-refractivity contribution in [3.05, 3.63) is 11.8 Å². The molecular formula is C5H6N3NaO2. The van der Waals surface area contributed by atoms with Crippen LogP contribution in [0.4, 0.5) is 5.82 Å². The molecule has 0 saturated heterocycles. The van der Waals surface area contributed by atoms with E-state index in [1.165, 1.54) is 4.68 Å². The predicted molar refractivity (Wildman–Crippen MR) is 32.0 cm³/mol. The number of hydrogen-bond donors (Lipinski definition) is 1. The molecule has 1 aromatic rings. The van der Waals surface area contributed by atoms with E-state index in [9.17, 15) is 9.90 Å². The second-order valence-electron chi connectivity index (χ2n) is 1.85. The normalized spacial score (nSPS) is 8.82. The molecule has 11 heavy (non-hydrogen) atoms. The third-order valence-corrected chi connectivity index (χ3v) is 1.20. The molecule has 0 aliphatic carbocycles. The Kier molecular flexibility index (Phi) is 3.57. The van der Waals surface area contributed by atoms with Crippen molar-refractivity contribution in [3.63, 3.8) is 0 Å². The van der Waals surface area contributed by atoms with Gasteiger partial charge in [-0.3, -0.25) is 4.68 Å². The number of carboxylic acids is 1. The minimum absolute atomic E-state index is 0. The average molecular weight is 163 g/mol. The molecule has 1 aromatic heterocycles. The SMILES string of the molecule is Cn1ncc(C(=O)[O-])c1N.[Na+]. The monoisotopic (exact) mass is 163 g/mol. The third-order valence-electron chi connectivity index (χ3n) is 1.20. The summed E-state index contributed by atoms with van der Waals surface area (Å²) in [7, 11) is 1.56. The fourth-order valence-corrected chi connectivity index (χ4v) is 0.604. The van der Waals surface area contributed by atoms with E-state index in [0.717, 1.165) is 6.20 Å². The van der Waals surface area contributed by atoms with Gasteiger partial charge in [0.25, 0.3) is 0 Å². The molecule has 0 radical (unpaired) electrons. The first-order chi connectivity index (χ1) is 4.63. The molecule has 0 bridgehead atoms. The molecule has 0 unspecified atom stereocenters. The first-order valence-electron chi connectivity index (χ1n) is 2.61. The number of aromatic carboxylic acids is 1. The molecule has 0 amide bonds. The van der Waals surface area contributed by atoms with E-state index in [1.807, 2.05) is 0 Å². The van der Waals surface area contributed by atoms with E-state index >= 15 is 0 Å². The van der Waals surface area contributed by atoms with Gasteiger partial charge in [0.05, 0.1) is 17.7 Å². The van der Waals surface area contributed by atoms with Crippen molar-refractivity contribution >= 4 is 11.8 Å². The molecule has 0 aromatic carbocycles. The second-order valence-corrected chi connectivity index (χ2v) is 1.85. The topological polar surface area (TPSA) is 84.0 Å². The number of hydrogen-bond acceptors (Lipinski definition) is 4. The summed E-state index contributed by atoms with van der Waals surface area (Å²) in [5.41, 5.74) is 5.22. The van der Waals surface area contributed by atoms with Crippen LogP contribution in [0.15, 0.2) is 6.20 Å². The van der Waals surface area contributed by atoms with Crippen molar-refractivity contribution in [2.45, 2.75) is 0 Å². The fourth-order valence-electron chi connectivity index (χ4n) is 0.604. The van der Waals surface area contributed by atoms with Crippen molar-refractivity contribution < 1.29 is 39.5 Å². The molecule has 0 saturated carbocycles. The third kappa shape index (κ3) is 1.95. The quantitative estimate of drug-likeness (QED) is 0.422. The number of carboxylic acid groups (broad SMARTS) is 1. The van der Waals surface area contributed by atoms with E-state index < -0.39 is 5.97 Å². The van der Waals surface area contributed by atoms with Crippen molar-refractivity contribution in [3.8, 4) is 0 Å². The summed E-state index contributed by atoms with van der Waals surface area (Å²) in [6.45, 7) is 0. The van der Waals surface area contributed by atoms with Gasteiger partial charge in [0.15, 0.2) is 0 Å². The van der Waals surface area contributed by atoms with Crippen LogP contribution in [0.1, 0.15) is 10.4 Å². The summed E-state index contributed by atoms with van der Waals surface area (Å²) in [4.78, 5) is 10.2. The maximum absolute atomic E-state index is 10.2. The molecule has 0 aliphatic rings. The Morgan fingerprint density at radius 3 is 2.55 bits per heavy atom. The van der Waals surface area contributed by atoms with Crippen LogP contribution in [-0.2, 0) is 7.05 Å². The van der Waals surface area contributed by atoms with Crippen LogP contribution in [0, 0.1) is 0 Å². The van der Waals surface area contributed by atoms with E-state index in [1.54, 1.807) is 7.05 Å². The van der Waals surface area contributed by atoms with Crippen molar-refractivity contribution in [1.29, 1.82) is 0 Å². The zero-order valence-electron chi connectivity index (χ0n) is 6.37. The Morgan fingerprint density at radius 2 is 2.36 bits per heavy atom. The molecule has 0 atom stereocenters. The Labute approximate surface area is 85.5 Å². The Bertz CT molecular complexity index is 271. The molecule has 1 heterocycles. The predicted octanol–water partition coefficient (Wildman–Crippen LogP) is -4.63. The minimum Gasteiger partial charge on any atom is -0.545 e. The van der Waals surface area contributed by atoms with Crippen molar-refractivity contribution in [2.75, 3.05) is 5.73 Å². The van der Waals surface area contributed by atoms with Crippen LogP contribution in [0.25, 0.3) is 0 Å². The van der Waals surface area contributed by atoms with Gasteiger partial charge in [-0.15, -0.1) is 0 Å².